The average molecular weight is 386 g/mol. The molecular weight excluding hydrogens is 366 g/mol. The molecule has 0 saturated heterocycles. The number of rotatable bonds is 7. The van der Waals surface area contributed by atoms with Gasteiger partial charge in [-0.3, -0.25) is 9.59 Å². The first-order chi connectivity index (χ1) is 12.6. The lowest BCUT2D eigenvalue weighted by Crippen LogP contribution is -2.25. The predicted molar refractivity (Wildman–Crippen MR) is 106 cm³/mol. The maximum absolute atomic E-state index is 12.4. The monoisotopic (exact) mass is 385 g/mol. The normalized spacial score (nSPS) is 12.1. The van der Waals surface area contributed by atoms with Gasteiger partial charge in [0.25, 0.3) is 0 Å². The number of nitrogens with zero attached hydrogens (tertiary/aromatic N) is 1. The van der Waals surface area contributed by atoms with Crippen LogP contribution in [0.4, 0.5) is 0 Å². The second-order valence-electron chi connectivity index (χ2n) is 5.78. The van der Waals surface area contributed by atoms with Gasteiger partial charge in [0.2, 0.25) is 5.78 Å². The molecule has 1 atom stereocenters. The number of esters is 1. The highest BCUT2D eigenvalue weighted by atomic mass is 32.2. The molecule has 0 fully saturated rings. The van der Waals surface area contributed by atoms with Crippen molar-refractivity contribution in [1.29, 1.82) is 0 Å². The lowest BCUT2D eigenvalue weighted by Gasteiger charge is -2.12. The van der Waals surface area contributed by atoms with Crippen LogP contribution >= 0.6 is 23.1 Å². The molecule has 26 heavy (non-hydrogen) atoms. The number of carbonyl (C=O) groups excluding carboxylic acids is 2. The number of aryl methyl sites for hydroxylation is 1. The van der Waals surface area contributed by atoms with Crippen molar-refractivity contribution in [3.05, 3.63) is 59.7 Å². The summed E-state index contributed by atoms with van der Waals surface area (Å²) in [5.74, 6) is -0.474. The molecule has 4 nitrogen and oxygen atoms in total. The van der Waals surface area contributed by atoms with Crippen molar-refractivity contribution in [2.75, 3.05) is 5.75 Å². The van der Waals surface area contributed by atoms with Crippen molar-refractivity contribution in [1.82, 2.24) is 4.98 Å². The highest BCUT2D eigenvalue weighted by molar-refractivity contribution is 8.01. The Balaban J connectivity index is 1.53. The number of hydrogen-bond donors (Lipinski definition) is 0. The summed E-state index contributed by atoms with van der Waals surface area (Å²) in [6, 6.07) is 15.2. The van der Waals surface area contributed by atoms with E-state index >= 15 is 0 Å². The first-order valence-electron chi connectivity index (χ1n) is 8.38. The van der Waals surface area contributed by atoms with Crippen molar-refractivity contribution < 1.29 is 14.3 Å². The van der Waals surface area contributed by atoms with E-state index < -0.39 is 12.1 Å². The number of para-hydroxylation sites is 1. The minimum absolute atomic E-state index is 0.131. The number of fused-ring (bicyclic) bond motifs is 1. The zero-order valence-corrected chi connectivity index (χ0v) is 16.2. The Morgan fingerprint density at radius 3 is 2.58 bits per heavy atom. The van der Waals surface area contributed by atoms with Gasteiger partial charge in [0, 0.05) is 5.56 Å². The number of hydrogen-bond acceptors (Lipinski definition) is 6. The Morgan fingerprint density at radius 2 is 1.88 bits per heavy atom. The second kappa shape index (κ2) is 8.47. The molecule has 134 valence electrons. The Morgan fingerprint density at radius 1 is 1.15 bits per heavy atom. The molecular formula is C20H19NO3S2. The van der Waals surface area contributed by atoms with E-state index in [0.29, 0.717) is 5.56 Å². The maximum atomic E-state index is 12.4. The van der Waals surface area contributed by atoms with Gasteiger partial charge in [-0.2, -0.15) is 0 Å². The van der Waals surface area contributed by atoms with Gasteiger partial charge >= 0.3 is 5.97 Å². The van der Waals surface area contributed by atoms with Crippen LogP contribution in [0.2, 0.25) is 0 Å². The fourth-order valence-electron chi connectivity index (χ4n) is 2.46. The number of Topliss-reactive ketones (excluding diaryl/α,β-unsaturated/α-hetero) is 1. The Kier molecular flexibility index (Phi) is 6.06. The molecule has 3 rings (SSSR count). The molecule has 0 spiro atoms. The molecule has 0 aliphatic carbocycles. The minimum atomic E-state index is -0.800. The molecule has 3 aromatic rings. The lowest BCUT2D eigenvalue weighted by molar-refractivity contribution is -0.143. The third-order valence-corrected chi connectivity index (χ3v) is 6.06. The number of thiazole rings is 1. The van der Waals surface area contributed by atoms with Crippen molar-refractivity contribution in [2.24, 2.45) is 0 Å². The predicted octanol–water partition coefficient (Wildman–Crippen LogP) is 4.77. The Labute approximate surface area is 160 Å². The van der Waals surface area contributed by atoms with Crippen molar-refractivity contribution in [2.45, 2.75) is 30.7 Å². The molecule has 0 radical (unpaired) electrons. The van der Waals surface area contributed by atoms with Crippen LogP contribution in [0.25, 0.3) is 10.2 Å². The summed E-state index contributed by atoms with van der Waals surface area (Å²) >= 11 is 2.87. The fourth-order valence-corrected chi connectivity index (χ4v) is 4.31. The van der Waals surface area contributed by atoms with Crippen molar-refractivity contribution >= 4 is 45.1 Å². The summed E-state index contributed by atoms with van der Waals surface area (Å²) in [4.78, 5) is 28.9. The average Bonchev–Trinajstić information content (AvgIpc) is 3.09. The SMILES string of the molecule is CCc1ccc(C(=O)[C@@H](C)OC(=O)CSc2nc3ccccc3s2)cc1. The minimum Gasteiger partial charge on any atom is -0.454 e. The van der Waals surface area contributed by atoms with E-state index in [0.717, 1.165) is 21.0 Å². The highest BCUT2D eigenvalue weighted by Crippen LogP contribution is 2.29. The van der Waals surface area contributed by atoms with E-state index in [1.54, 1.807) is 30.4 Å². The van der Waals surface area contributed by atoms with Crippen molar-refractivity contribution in [3.63, 3.8) is 0 Å². The van der Waals surface area contributed by atoms with Crippen LogP contribution in [0.5, 0.6) is 0 Å². The van der Waals surface area contributed by atoms with Gasteiger partial charge in [-0.25, -0.2) is 4.98 Å². The Hall–Kier alpha value is -2.18. The molecule has 0 aliphatic heterocycles. The van der Waals surface area contributed by atoms with Crippen LogP contribution in [0.15, 0.2) is 52.9 Å². The van der Waals surface area contributed by atoms with Crippen LogP contribution in [0.3, 0.4) is 0 Å². The molecule has 2 aromatic carbocycles. The van der Waals surface area contributed by atoms with E-state index in [4.69, 9.17) is 4.74 Å². The first kappa shape index (κ1) is 18.6. The first-order valence-corrected chi connectivity index (χ1v) is 10.2. The van der Waals surface area contributed by atoms with Crippen molar-refractivity contribution in [3.8, 4) is 0 Å². The summed E-state index contributed by atoms with van der Waals surface area (Å²) < 4.78 is 7.19. The third kappa shape index (κ3) is 4.51. The van der Waals surface area contributed by atoms with Gasteiger partial charge in [0.05, 0.1) is 16.0 Å². The lowest BCUT2D eigenvalue weighted by atomic mass is 10.0. The molecule has 0 N–H and O–H groups in total. The zero-order valence-electron chi connectivity index (χ0n) is 14.6. The summed E-state index contributed by atoms with van der Waals surface area (Å²) in [6.45, 7) is 3.67. The van der Waals surface area contributed by atoms with Crippen LogP contribution in [-0.4, -0.2) is 28.6 Å². The molecule has 6 heteroatoms. The van der Waals surface area contributed by atoms with Gasteiger partial charge in [-0.15, -0.1) is 11.3 Å². The molecule has 0 aliphatic rings. The quantitative estimate of drug-likeness (QED) is 0.333. The summed E-state index contributed by atoms with van der Waals surface area (Å²) in [7, 11) is 0. The summed E-state index contributed by atoms with van der Waals surface area (Å²) in [5, 5.41) is 0. The smallest absolute Gasteiger partial charge is 0.317 e. The van der Waals surface area contributed by atoms with Gasteiger partial charge in [-0.05, 0) is 31.0 Å². The van der Waals surface area contributed by atoms with E-state index in [2.05, 4.69) is 11.9 Å². The van der Waals surface area contributed by atoms with E-state index in [1.807, 2.05) is 36.4 Å². The Bertz CT molecular complexity index is 885. The fraction of sp³-hybridized carbons (Fsp3) is 0.250. The zero-order chi connectivity index (χ0) is 18.5. The van der Waals surface area contributed by atoms with Crippen LogP contribution < -0.4 is 0 Å². The number of benzene rings is 2. The number of ketones is 1. The largest absolute Gasteiger partial charge is 0.454 e. The second-order valence-corrected chi connectivity index (χ2v) is 8.04. The van der Waals surface area contributed by atoms with Crippen LogP contribution in [0.1, 0.15) is 29.8 Å². The molecule has 0 saturated carbocycles. The summed E-state index contributed by atoms with van der Waals surface area (Å²) in [5.41, 5.74) is 2.65. The standard InChI is InChI=1S/C20H19NO3S2/c1-3-14-8-10-15(11-9-14)19(23)13(2)24-18(22)12-25-20-21-16-6-4-5-7-17(16)26-20/h4-11,13H,3,12H2,1-2H3/t13-/m1/s1. The molecule has 0 amide bonds. The van der Waals surface area contributed by atoms with Gasteiger partial charge < -0.3 is 4.74 Å². The van der Waals surface area contributed by atoms with Gasteiger partial charge in [0.1, 0.15) is 0 Å². The van der Waals surface area contributed by atoms with Gasteiger partial charge in [0.15, 0.2) is 10.4 Å². The third-order valence-electron chi connectivity index (χ3n) is 3.91. The number of ether oxygens (including phenoxy) is 1. The van der Waals surface area contributed by atoms with E-state index in [-0.39, 0.29) is 11.5 Å². The highest BCUT2D eigenvalue weighted by Gasteiger charge is 2.20. The number of thioether (sulfide) groups is 1. The topological polar surface area (TPSA) is 56.3 Å². The maximum Gasteiger partial charge on any atom is 0.317 e. The van der Waals surface area contributed by atoms with Crippen LogP contribution in [-0.2, 0) is 16.0 Å². The molecule has 0 unspecified atom stereocenters. The molecule has 0 bridgehead atoms. The van der Waals surface area contributed by atoms with Crippen LogP contribution in [0, 0.1) is 0 Å². The van der Waals surface area contributed by atoms with Gasteiger partial charge in [-0.1, -0.05) is 55.1 Å². The molecule has 1 aromatic heterocycles. The van der Waals surface area contributed by atoms with E-state index in [1.165, 1.54) is 17.3 Å². The number of carbonyl (C=O) groups is 2. The van der Waals surface area contributed by atoms with E-state index in [9.17, 15) is 9.59 Å². The summed E-state index contributed by atoms with van der Waals surface area (Å²) in [6.07, 6.45) is 0.119. The molecule has 1 heterocycles. The number of aromatic nitrogens is 1.